The Bertz CT molecular complexity index is 209. The minimum Gasteiger partial charge on any atom is -0.326 e. The van der Waals surface area contributed by atoms with Gasteiger partial charge >= 0.3 is 8.25 Å². The quantitative estimate of drug-likeness (QED) is 0.505. The zero-order chi connectivity index (χ0) is 15.3. The van der Waals surface area contributed by atoms with Crippen molar-refractivity contribution in [2.75, 3.05) is 20.1 Å². The third-order valence-corrected chi connectivity index (χ3v) is 3.59. The summed E-state index contributed by atoms with van der Waals surface area (Å²) >= 11 is 0. The molecule has 0 aromatic rings. The molecule has 0 rings (SSSR count). The average molecular weight is 296 g/mol. The van der Waals surface area contributed by atoms with E-state index >= 15 is 0 Å². The summed E-state index contributed by atoms with van der Waals surface area (Å²) in [6.45, 7) is 12.0. The number of nitrogens with zero attached hydrogens (tertiary/aromatic N) is 1. The van der Waals surface area contributed by atoms with Gasteiger partial charge in [0.05, 0.1) is 26.2 Å². The molecule has 0 aliphatic carbocycles. The first kappa shape index (κ1) is 21.4. The third kappa shape index (κ3) is 11.6. The highest BCUT2D eigenvalue weighted by Gasteiger charge is 2.29. The minimum atomic E-state index is -3.13. The van der Waals surface area contributed by atoms with E-state index in [0.29, 0.717) is 0 Å². The molecule has 5 heteroatoms. The lowest BCUT2D eigenvalue weighted by atomic mass is 10.0. The topological polar surface area (TPSA) is 57.5 Å². The molecule has 0 radical (unpaired) electrons. The first-order valence-corrected chi connectivity index (χ1v) is 8.94. The maximum Gasteiger partial charge on any atom is 0.314 e. The molecule has 19 heavy (non-hydrogen) atoms. The summed E-state index contributed by atoms with van der Waals surface area (Å²) in [6.07, 6.45) is 8.13. The minimum absolute atomic E-state index is 0.903. The predicted octanol–water partition coefficient (Wildman–Crippen LogP) is 3.58. The smallest absolute Gasteiger partial charge is 0.314 e. The highest BCUT2D eigenvalue weighted by Crippen LogP contribution is 2.21. The van der Waals surface area contributed by atoms with Crippen LogP contribution in [-0.4, -0.2) is 40.4 Å². The average Bonchev–Trinajstić information content (AvgIpc) is 2.28. The van der Waals surface area contributed by atoms with E-state index < -0.39 is 8.25 Å². The Morgan fingerprint density at radius 2 is 1.21 bits per heavy atom. The Hall–Kier alpha value is 0.110. The first-order valence-electron chi connectivity index (χ1n) is 7.63. The SMILES string of the molecule is CCCC(CCC)[N+](C)(CCC)CCC.O=[PH](O)O. The summed E-state index contributed by atoms with van der Waals surface area (Å²) in [7, 11) is -0.654. The van der Waals surface area contributed by atoms with Crippen molar-refractivity contribution in [3.8, 4) is 0 Å². The fourth-order valence-electron chi connectivity index (χ4n) is 2.93. The van der Waals surface area contributed by atoms with Crippen molar-refractivity contribution < 1.29 is 18.8 Å². The molecule has 0 heterocycles. The van der Waals surface area contributed by atoms with Gasteiger partial charge in [0.15, 0.2) is 0 Å². The third-order valence-electron chi connectivity index (χ3n) is 3.59. The molecule has 0 aliphatic heterocycles. The molecule has 0 atom stereocenters. The summed E-state index contributed by atoms with van der Waals surface area (Å²) in [5.74, 6) is 0. The second kappa shape index (κ2) is 13.1. The highest BCUT2D eigenvalue weighted by molar-refractivity contribution is 7.30. The van der Waals surface area contributed by atoms with Crippen LogP contribution in [0.1, 0.15) is 66.2 Å². The monoisotopic (exact) mass is 296 g/mol. The largest absolute Gasteiger partial charge is 0.326 e. The van der Waals surface area contributed by atoms with Crippen LogP contribution in [0.25, 0.3) is 0 Å². The first-order chi connectivity index (χ1) is 8.87. The van der Waals surface area contributed by atoms with Crippen molar-refractivity contribution in [3.05, 3.63) is 0 Å². The molecule has 0 aliphatic rings. The Kier molecular flexibility index (Phi) is 14.8. The predicted molar refractivity (Wildman–Crippen MR) is 83.5 cm³/mol. The molecule has 0 saturated carbocycles. The molecule has 0 fully saturated rings. The van der Waals surface area contributed by atoms with Gasteiger partial charge in [0.25, 0.3) is 0 Å². The number of hydrogen-bond acceptors (Lipinski definition) is 1. The van der Waals surface area contributed by atoms with E-state index in [-0.39, 0.29) is 0 Å². The maximum absolute atomic E-state index is 8.74. The van der Waals surface area contributed by atoms with Crippen LogP contribution in [0.5, 0.6) is 0 Å². The van der Waals surface area contributed by atoms with Crippen LogP contribution in [0.15, 0.2) is 0 Å². The molecule has 0 unspecified atom stereocenters. The molecule has 0 bridgehead atoms. The van der Waals surface area contributed by atoms with Gasteiger partial charge in [-0.3, -0.25) is 4.57 Å². The number of quaternary nitrogens is 1. The molecule has 0 amide bonds. The number of hydrogen-bond donors (Lipinski definition) is 2. The lowest BCUT2D eigenvalue weighted by Crippen LogP contribution is -2.53. The van der Waals surface area contributed by atoms with Crippen LogP contribution in [-0.2, 0) is 4.57 Å². The zero-order valence-corrected chi connectivity index (χ0v) is 14.5. The summed E-state index contributed by atoms with van der Waals surface area (Å²) in [6, 6.07) is 0.903. The second-order valence-electron chi connectivity index (χ2n) is 5.44. The molecule has 0 spiro atoms. The summed E-state index contributed by atoms with van der Waals surface area (Å²) in [5, 5.41) is 0. The van der Waals surface area contributed by atoms with Crippen molar-refractivity contribution >= 4 is 8.25 Å². The van der Waals surface area contributed by atoms with Crippen LogP contribution in [0, 0.1) is 0 Å². The molecule has 0 aromatic heterocycles. The van der Waals surface area contributed by atoms with Gasteiger partial charge in [-0.25, -0.2) is 0 Å². The van der Waals surface area contributed by atoms with E-state index in [9.17, 15) is 0 Å². The fourth-order valence-corrected chi connectivity index (χ4v) is 2.93. The van der Waals surface area contributed by atoms with E-state index in [1.54, 1.807) is 0 Å². The second-order valence-corrected chi connectivity index (χ2v) is 6.01. The van der Waals surface area contributed by atoms with E-state index in [0.717, 1.165) is 6.04 Å². The molecular formula is C14H35NO3P+. The standard InChI is InChI=1S/C14H32N.H3O3P/c1-6-10-14(11-7-2)15(5,12-8-3)13-9-4;1-4(2)3/h14H,6-13H2,1-5H3;4H,(H2,1,2,3)/q+1;. The van der Waals surface area contributed by atoms with Crippen molar-refractivity contribution in [2.45, 2.75) is 72.3 Å². The normalized spacial score (nSPS) is 11.6. The van der Waals surface area contributed by atoms with Gasteiger partial charge in [0.2, 0.25) is 0 Å². The van der Waals surface area contributed by atoms with E-state index in [4.69, 9.17) is 14.4 Å². The molecule has 118 valence electrons. The van der Waals surface area contributed by atoms with Gasteiger partial charge in [-0.2, -0.15) is 0 Å². The highest BCUT2D eigenvalue weighted by atomic mass is 31.1. The Morgan fingerprint density at radius 3 is 1.42 bits per heavy atom. The molecule has 2 N–H and O–H groups in total. The summed E-state index contributed by atoms with van der Waals surface area (Å²) in [5.41, 5.74) is 0. The Balaban J connectivity index is 0. The van der Waals surface area contributed by atoms with E-state index in [1.807, 2.05) is 0 Å². The zero-order valence-electron chi connectivity index (χ0n) is 13.5. The summed E-state index contributed by atoms with van der Waals surface area (Å²) in [4.78, 5) is 14.3. The van der Waals surface area contributed by atoms with Gasteiger partial charge in [-0.05, 0) is 25.7 Å². The molecular weight excluding hydrogens is 261 g/mol. The van der Waals surface area contributed by atoms with Crippen molar-refractivity contribution in [1.29, 1.82) is 0 Å². The van der Waals surface area contributed by atoms with E-state index in [2.05, 4.69) is 34.7 Å². The maximum atomic E-state index is 8.74. The Morgan fingerprint density at radius 1 is 0.895 bits per heavy atom. The van der Waals surface area contributed by atoms with Crippen LogP contribution >= 0.6 is 8.25 Å². The van der Waals surface area contributed by atoms with Gasteiger partial charge in [0, 0.05) is 0 Å². The lowest BCUT2D eigenvalue weighted by Gasteiger charge is -2.42. The van der Waals surface area contributed by atoms with Gasteiger partial charge in [-0.1, -0.05) is 40.5 Å². The summed E-state index contributed by atoms with van der Waals surface area (Å²) < 4.78 is 10.1. The van der Waals surface area contributed by atoms with E-state index in [1.165, 1.54) is 56.1 Å². The van der Waals surface area contributed by atoms with Gasteiger partial charge < -0.3 is 14.3 Å². The Labute approximate surface area is 120 Å². The van der Waals surface area contributed by atoms with Crippen molar-refractivity contribution in [2.24, 2.45) is 0 Å². The van der Waals surface area contributed by atoms with Gasteiger partial charge in [0.1, 0.15) is 0 Å². The lowest BCUT2D eigenvalue weighted by molar-refractivity contribution is -0.934. The molecule has 4 nitrogen and oxygen atoms in total. The molecule has 0 saturated heterocycles. The van der Waals surface area contributed by atoms with Crippen LogP contribution < -0.4 is 0 Å². The van der Waals surface area contributed by atoms with Crippen LogP contribution in [0.2, 0.25) is 0 Å². The van der Waals surface area contributed by atoms with Gasteiger partial charge in [-0.15, -0.1) is 0 Å². The van der Waals surface area contributed by atoms with Crippen LogP contribution in [0.3, 0.4) is 0 Å². The fraction of sp³-hybridized carbons (Fsp3) is 1.00. The van der Waals surface area contributed by atoms with Crippen molar-refractivity contribution in [1.82, 2.24) is 0 Å². The van der Waals surface area contributed by atoms with Crippen LogP contribution in [0.4, 0.5) is 0 Å². The number of rotatable bonds is 9. The molecule has 0 aromatic carbocycles. The van der Waals surface area contributed by atoms with Crippen molar-refractivity contribution in [3.63, 3.8) is 0 Å².